The summed E-state index contributed by atoms with van der Waals surface area (Å²) >= 11 is 0. The fourth-order valence-corrected chi connectivity index (χ4v) is 3.40. The molecule has 1 aliphatic heterocycles. The quantitative estimate of drug-likeness (QED) is 0.762. The molecule has 3 aromatic rings. The van der Waals surface area contributed by atoms with Crippen LogP contribution in [0, 0.1) is 6.92 Å². The summed E-state index contributed by atoms with van der Waals surface area (Å²) in [6, 6.07) is 6.31. The number of H-pyrrole nitrogens is 1. The Morgan fingerprint density at radius 3 is 3.08 bits per heavy atom. The normalized spacial score (nSPS) is 17.6. The minimum atomic E-state index is -0.147. The molecule has 1 aromatic carbocycles. The van der Waals surface area contributed by atoms with Crippen molar-refractivity contribution in [2.24, 2.45) is 0 Å². The highest BCUT2D eigenvalue weighted by molar-refractivity contribution is 5.90. The Morgan fingerprint density at radius 2 is 2.20 bits per heavy atom. The maximum absolute atomic E-state index is 12.0. The Balaban J connectivity index is 1.58. The van der Waals surface area contributed by atoms with Crippen LogP contribution in [0.1, 0.15) is 18.4 Å². The number of aryl methyl sites for hydroxylation is 1. The van der Waals surface area contributed by atoms with Gasteiger partial charge in [-0.05, 0) is 31.4 Å². The average Bonchev–Trinajstić information content (AvgIpc) is 2.63. The molecule has 3 heterocycles. The third-order valence-corrected chi connectivity index (χ3v) is 4.62. The van der Waals surface area contributed by atoms with E-state index >= 15 is 0 Å². The van der Waals surface area contributed by atoms with Gasteiger partial charge in [0.25, 0.3) is 5.56 Å². The van der Waals surface area contributed by atoms with Gasteiger partial charge in [-0.3, -0.25) is 4.79 Å². The van der Waals surface area contributed by atoms with Crippen LogP contribution >= 0.6 is 0 Å². The predicted octanol–water partition coefficient (Wildman–Crippen LogP) is 2.10. The van der Waals surface area contributed by atoms with E-state index in [0.717, 1.165) is 48.2 Å². The van der Waals surface area contributed by atoms with Crippen LogP contribution in [-0.2, 0) is 0 Å². The van der Waals surface area contributed by atoms with Gasteiger partial charge in [0.15, 0.2) is 5.82 Å². The van der Waals surface area contributed by atoms with E-state index < -0.39 is 0 Å². The van der Waals surface area contributed by atoms with Gasteiger partial charge in [0, 0.05) is 36.9 Å². The van der Waals surface area contributed by atoms with E-state index in [1.807, 2.05) is 17.0 Å². The monoisotopic (exact) mass is 336 g/mol. The van der Waals surface area contributed by atoms with Crippen molar-refractivity contribution in [3.8, 4) is 0 Å². The van der Waals surface area contributed by atoms with E-state index in [2.05, 4.69) is 38.2 Å². The van der Waals surface area contributed by atoms with Crippen LogP contribution in [0.4, 0.5) is 11.6 Å². The van der Waals surface area contributed by atoms with Gasteiger partial charge in [-0.25, -0.2) is 15.0 Å². The number of aromatic nitrogens is 4. The summed E-state index contributed by atoms with van der Waals surface area (Å²) in [5.74, 6) is 1.33. The molecule has 7 nitrogen and oxygen atoms in total. The van der Waals surface area contributed by atoms with Crippen LogP contribution in [0.5, 0.6) is 0 Å². The molecule has 1 saturated heterocycles. The molecule has 0 spiro atoms. The molecule has 1 unspecified atom stereocenters. The Labute approximate surface area is 145 Å². The number of rotatable bonds is 3. The van der Waals surface area contributed by atoms with E-state index in [0.29, 0.717) is 5.82 Å². The number of aromatic amines is 1. The Hall–Kier alpha value is -2.96. The van der Waals surface area contributed by atoms with E-state index in [1.165, 1.54) is 0 Å². The first kappa shape index (κ1) is 15.6. The zero-order chi connectivity index (χ0) is 17.2. The molecular weight excluding hydrogens is 316 g/mol. The van der Waals surface area contributed by atoms with Gasteiger partial charge in [-0.2, -0.15) is 0 Å². The van der Waals surface area contributed by atoms with Crippen molar-refractivity contribution in [2.45, 2.75) is 25.8 Å². The second-order valence-electron chi connectivity index (χ2n) is 6.36. The molecule has 1 aliphatic rings. The Morgan fingerprint density at radius 1 is 1.28 bits per heavy atom. The van der Waals surface area contributed by atoms with Crippen molar-refractivity contribution >= 4 is 22.5 Å². The first-order valence-corrected chi connectivity index (χ1v) is 8.48. The first-order chi connectivity index (χ1) is 12.2. The molecule has 7 heteroatoms. The number of nitrogens with one attached hydrogen (secondary N) is 2. The van der Waals surface area contributed by atoms with E-state index in [9.17, 15) is 4.79 Å². The molecule has 25 heavy (non-hydrogen) atoms. The fourth-order valence-electron chi connectivity index (χ4n) is 3.40. The summed E-state index contributed by atoms with van der Waals surface area (Å²) in [5, 5.41) is 4.56. The van der Waals surface area contributed by atoms with Crippen molar-refractivity contribution in [1.29, 1.82) is 0 Å². The van der Waals surface area contributed by atoms with E-state index in [-0.39, 0.29) is 11.6 Å². The lowest BCUT2D eigenvalue weighted by Crippen LogP contribution is -2.44. The van der Waals surface area contributed by atoms with Gasteiger partial charge >= 0.3 is 0 Å². The standard InChI is InChI=1S/C18H20N6O/c1-12-4-2-6-14-15(12)21-11-22-16(14)23-13-5-3-9-24(10-13)17-18(25)20-8-7-19-17/h2,4,6-8,11,13H,3,5,9-10H2,1H3,(H,20,25)(H,21,22,23). The second kappa shape index (κ2) is 6.51. The van der Waals surface area contributed by atoms with Gasteiger partial charge in [-0.15, -0.1) is 0 Å². The van der Waals surface area contributed by atoms with Gasteiger partial charge in [0.1, 0.15) is 12.1 Å². The lowest BCUT2D eigenvalue weighted by molar-refractivity contribution is 0.524. The average molecular weight is 336 g/mol. The van der Waals surface area contributed by atoms with Crippen molar-refractivity contribution in [3.05, 3.63) is 52.8 Å². The number of hydrogen-bond donors (Lipinski definition) is 2. The van der Waals surface area contributed by atoms with Crippen LogP contribution in [0.3, 0.4) is 0 Å². The lowest BCUT2D eigenvalue weighted by Gasteiger charge is -2.33. The molecule has 0 aliphatic carbocycles. The third kappa shape index (κ3) is 3.05. The van der Waals surface area contributed by atoms with Crippen LogP contribution < -0.4 is 15.8 Å². The number of para-hydroxylation sites is 1. The number of fused-ring (bicyclic) bond motifs is 1. The molecule has 1 atom stereocenters. The molecule has 4 rings (SSSR count). The van der Waals surface area contributed by atoms with Gasteiger partial charge in [-0.1, -0.05) is 12.1 Å². The van der Waals surface area contributed by atoms with Gasteiger partial charge < -0.3 is 15.2 Å². The van der Waals surface area contributed by atoms with Crippen LogP contribution in [0.15, 0.2) is 41.7 Å². The summed E-state index contributed by atoms with van der Waals surface area (Å²) in [4.78, 5) is 29.8. The number of piperidine rings is 1. The van der Waals surface area contributed by atoms with Crippen molar-refractivity contribution in [3.63, 3.8) is 0 Å². The zero-order valence-corrected chi connectivity index (χ0v) is 14.1. The zero-order valence-electron chi connectivity index (χ0n) is 14.1. The molecular formula is C18H20N6O. The highest BCUT2D eigenvalue weighted by atomic mass is 16.1. The summed E-state index contributed by atoms with van der Waals surface area (Å²) in [6.07, 6.45) is 6.80. The maximum atomic E-state index is 12.0. The van der Waals surface area contributed by atoms with Crippen LogP contribution in [0.25, 0.3) is 10.9 Å². The molecule has 0 bridgehead atoms. The van der Waals surface area contributed by atoms with E-state index in [4.69, 9.17) is 0 Å². The largest absolute Gasteiger partial charge is 0.365 e. The minimum Gasteiger partial charge on any atom is -0.365 e. The molecule has 2 aromatic heterocycles. The molecule has 0 amide bonds. The maximum Gasteiger partial charge on any atom is 0.290 e. The van der Waals surface area contributed by atoms with Crippen LogP contribution in [0.2, 0.25) is 0 Å². The summed E-state index contributed by atoms with van der Waals surface area (Å²) in [7, 11) is 0. The number of anilines is 2. The second-order valence-corrected chi connectivity index (χ2v) is 6.36. The van der Waals surface area contributed by atoms with Crippen LogP contribution in [-0.4, -0.2) is 39.1 Å². The minimum absolute atomic E-state index is 0.147. The Bertz CT molecular complexity index is 953. The summed E-state index contributed by atoms with van der Waals surface area (Å²) in [5.41, 5.74) is 1.95. The molecule has 1 fully saturated rings. The van der Waals surface area contributed by atoms with Gasteiger partial charge in [0.05, 0.1) is 5.52 Å². The number of nitrogens with zero attached hydrogens (tertiary/aromatic N) is 4. The molecule has 128 valence electrons. The van der Waals surface area contributed by atoms with Crippen molar-refractivity contribution in [2.75, 3.05) is 23.3 Å². The predicted molar refractivity (Wildman–Crippen MR) is 98.0 cm³/mol. The summed E-state index contributed by atoms with van der Waals surface area (Å²) in [6.45, 7) is 3.61. The molecule has 2 N–H and O–H groups in total. The Kier molecular flexibility index (Phi) is 4.05. The lowest BCUT2D eigenvalue weighted by atomic mass is 10.1. The fraction of sp³-hybridized carbons (Fsp3) is 0.333. The van der Waals surface area contributed by atoms with Crippen molar-refractivity contribution < 1.29 is 0 Å². The molecule has 0 saturated carbocycles. The highest BCUT2D eigenvalue weighted by Crippen LogP contribution is 2.24. The van der Waals surface area contributed by atoms with Crippen molar-refractivity contribution in [1.82, 2.24) is 19.9 Å². The van der Waals surface area contributed by atoms with E-state index in [1.54, 1.807) is 18.7 Å². The van der Waals surface area contributed by atoms with Gasteiger partial charge in [0.2, 0.25) is 0 Å². The first-order valence-electron chi connectivity index (χ1n) is 8.48. The topological polar surface area (TPSA) is 86.8 Å². The number of benzene rings is 1. The number of hydrogen-bond acceptors (Lipinski definition) is 6. The molecule has 0 radical (unpaired) electrons. The smallest absolute Gasteiger partial charge is 0.290 e. The SMILES string of the molecule is Cc1cccc2c(NC3CCCN(c4ncc[nH]c4=O)C3)ncnc12. The third-order valence-electron chi connectivity index (χ3n) is 4.62. The summed E-state index contributed by atoms with van der Waals surface area (Å²) < 4.78 is 0. The highest BCUT2D eigenvalue weighted by Gasteiger charge is 2.23.